The van der Waals surface area contributed by atoms with Gasteiger partial charge < -0.3 is 5.11 Å². The standard InChI is InChI=1S/C12H14N2O3S2/c1-2-10-7-13-12(18-10)8-14-19(16,17)11-5-3-9(15)4-6-11/h3-7,14-15H,2,8H2,1H3. The fraction of sp³-hybridized carbons (Fsp3) is 0.250. The van der Waals surface area contributed by atoms with Crippen LogP contribution in [0.2, 0.25) is 0 Å². The second-order valence-corrected chi connectivity index (χ2v) is 6.86. The van der Waals surface area contributed by atoms with Crippen molar-refractivity contribution in [1.82, 2.24) is 9.71 Å². The van der Waals surface area contributed by atoms with E-state index in [0.29, 0.717) is 0 Å². The molecule has 1 aromatic heterocycles. The maximum Gasteiger partial charge on any atom is 0.240 e. The molecule has 102 valence electrons. The normalized spacial score (nSPS) is 11.6. The second kappa shape index (κ2) is 5.68. The Morgan fingerprint density at radius 1 is 1.32 bits per heavy atom. The van der Waals surface area contributed by atoms with Crippen molar-refractivity contribution in [2.24, 2.45) is 0 Å². The summed E-state index contributed by atoms with van der Waals surface area (Å²) < 4.78 is 26.4. The van der Waals surface area contributed by atoms with Gasteiger partial charge in [-0.25, -0.2) is 18.1 Å². The molecule has 2 N–H and O–H groups in total. The predicted octanol–water partition coefficient (Wildman–Crippen LogP) is 1.89. The fourth-order valence-corrected chi connectivity index (χ4v) is 3.34. The van der Waals surface area contributed by atoms with Crippen LogP contribution in [0.15, 0.2) is 35.4 Å². The predicted molar refractivity (Wildman–Crippen MR) is 73.6 cm³/mol. The van der Waals surface area contributed by atoms with Gasteiger partial charge >= 0.3 is 0 Å². The number of rotatable bonds is 5. The third kappa shape index (κ3) is 3.52. The highest BCUT2D eigenvalue weighted by Crippen LogP contribution is 2.16. The molecule has 0 amide bonds. The Labute approximate surface area is 116 Å². The molecule has 5 nitrogen and oxygen atoms in total. The maximum atomic E-state index is 12.0. The summed E-state index contributed by atoms with van der Waals surface area (Å²) in [6.45, 7) is 2.20. The van der Waals surface area contributed by atoms with Gasteiger partial charge in [0, 0.05) is 11.1 Å². The van der Waals surface area contributed by atoms with Crippen LogP contribution in [-0.2, 0) is 23.0 Å². The summed E-state index contributed by atoms with van der Waals surface area (Å²) >= 11 is 1.49. The van der Waals surface area contributed by atoms with E-state index in [4.69, 9.17) is 5.11 Å². The van der Waals surface area contributed by atoms with Crippen LogP contribution in [0.5, 0.6) is 5.75 Å². The van der Waals surface area contributed by atoms with Gasteiger partial charge in [0.25, 0.3) is 0 Å². The molecule has 1 aromatic carbocycles. The van der Waals surface area contributed by atoms with Crippen LogP contribution in [0.1, 0.15) is 16.8 Å². The molecule has 0 aliphatic rings. The Morgan fingerprint density at radius 2 is 2.00 bits per heavy atom. The summed E-state index contributed by atoms with van der Waals surface area (Å²) in [5.41, 5.74) is 0. The molecule has 0 unspecified atom stereocenters. The van der Waals surface area contributed by atoms with Gasteiger partial charge in [0.05, 0.1) is 11.4 Å². The fourth-order valence-electron chi connectivity index (χ4n) is 1.46. The van der Waals surface area contributed by atoms with Gasteiger partial charge in [0.15, 0.2) is 0 Å². The summed E-state index contributed by atoms with van der Waals surface area (Å²) in [6, 6.07) is 5.40. The lowest BCUT2D eigenvalue weighted by Gasteiger charge is -2.05. The smallest absolute Gasteiger partial charge is 0.240 e. The SMILES string of the molecule is CCc1cnc(CNS(=O)(=O)c2ccc(O)cc2)s1. The monoisotopic (exact) mass is 298 g/mol. The Balaban J connectivity index is 2.07. The number of sulfonamides is 1. The van der Waals surface area contributed by atoms with Crippen LogP contribution in [-0.4, -0.2) is 18.5 Å². The third-order valence-corrected chi connectivity index (χ3v) is 5.07. The van der Waals surface area contributed by atoms with E-state index in [1.165, 1.54) is 35.6 Å². The molecule has 2 aromatic rings. The lowest BCUT2D eigenvalue weighted by molar-refractivity contribution is 0.474. The van der Waals surface area contributed by atoms with Crippen LogP contribution in [0.3, 0.4) is 0 Å². The first-order valence-corrected chi connectivity index (χ1v) is 8.03. The number of phenolic OH excluding ortho intramolecular Hbond substituents is 1. The van der Waals surface area contributed by atoms with E-state index in [1.807, 2.05) is 6.92 Å². The number of aryl methyl sites for hydroxylation is 1. The van der Waals surface area contributed by atoms with E-state index >= 15 is 0 Å². The summed E-state index contributed by atoms with van der Waals surface area (Å²) in [5, 5.41) is 9.87. The zero-order valence-corrected chi connectivity index (χ0v) is 12.0. The van der Waals surface area contributed by atoms with E-state index in [-0.39, 0.29) is 17.2 Å². The molecule has 0 radical (unpaired) electrons. The molecule has 0 saturated heterocycles. The van der Waals surface area contributed by atoms with E-state index in [2.05, 4.69) is 9.71 Å². The maximum absolute atomic E-state index is 12.0. The molecular formula is C12H14N2O3S2. The molecule has 0 atom stereocenters. The summed E-state index contributed by atoms with van der Waals surface area (Å²) in [6.07, 6.45) is 2.65. The Kier molecular flexibility index (Phi) is 4.18. The van der Waals surface area contributed by atoms with E-state index < -0.39 is 10.0 Å². The molecule has 19 heavy (non-hydrogen) atoms. The Hall–Kier alpha value is -1.44. The van der Waals surface area contributed by atoms with Crippen LogP contribution < -0.4 is 4.72 Å². The Bertz CT molecular complexity index is 648. The number of aromatic hydroxyl groups is 1. The van der Waals surface area contributed by atoms with Crippen LogP contribution in [0.25, 0.3) is 0 Å². The number of thiazole rings is 1. The number of nitrogens with one attached hydrogen (secondary N) is 1. The zero-order chi connectivity index (χ0) is 13.9. The number of nitrogens with zero attached hydrogens (tertiary/aromatic N) is 1. The highest BCUT2D eigenvalue weighted by molar-refractivity contribution is 7.89. The van der Waals surface area contributed by atoms with Gasteiger partial charge in [-0.2, -0.15) is 0 Å². The zero-order valence-electron chi connectivity index (χ0n) is 10.3. The first-order chi connectivity index (χ1) is 9.01. The molecule has 7 heteroatoms. The van der Waals surface area contributed by atoms with E-state index in [9.17, 15) is 8.42 Å². The average molecular weight is 298 g/mol. The van der Waals surface area contributed by atoms with Crippen LogP contribution >= 0.6 is 11.3 Å². The minimum atomic E-state index is -3.57. The second-order valence-electron chi connectivity index (χ2n) is 3.89. The molecule has 0 aliphatic carbocycles. The topological polar surface area (TPSA) is 79.3 Å². The number of benzene rings is 1. The molecule has 0 bridgehead atoms. The quantitative estimate of drug-likeness (QED) is 0.883. The van der Waals surface area contributed by atoms with Crippen molar-refractivity contribution in [3.8, 4) is 5.75 Å². The minimum Gasteiger partial charge on any atom is -0.508 e. The van der Waals surface area contributed by atoms with Crippen molar-refractivity contribution >= 4 is 21.4 Å². The number of hydrogen-bond donors (Lipinski definition) is 2. The minimum absolute atomic E-state index is 0.0338. The molecule has 0 aliphatic heterocycles. The molecule has 1 heterocycles. The van der Waals surface area contributed by atoms with E-state index in [1.54, 1.807) is 6.20 Å². The van der Waals surface area contributed by atoms with Crippen molar-refractivity contribution in [2.45, 2.75) is 24.8 Å². The highest BCUT2D eigenvalue weighted by Gasteiger charge is 2.14. The average Bonchev–Trinajstić information content (AvgIpc) is 2.85. The number of hydrogen-bond acceptors (Lipinski definition) is 5. The molecule has 2 rings (SSSR count). The number of aromatic nitrogens is 1. The summed E-state index contributed by atoms with van der Waals surface area (Å²) in [4.78, 5) is 5.40. The van der Waals surface area contributed by atoms with Crippen molar-refractivity contribution in [3.63, 3.8) is 0 Å². The van der Waals surface area contributed by atoms with E-state index in [0.717, 1.165) is 16.3 Å². The van der Waals surface area contributed by atoms with Gasteiger partial charge in [0.1, 0.15) is 10.8 Å². The largest absolute Gasteiger partial charge is 0.508 e. The lowest BCUT2D eigenvalue weighted by Crippen LogP contribution is -2.23. The molecular weight excluding hydrogens is 284 g/mol. The van der Waals surface area contributed by atoms with Gasteiger partial charge in [-0.1, -0.05) is 6.92 Å². The van der Waals surface area contributed by atoms with Gasteiger partial charge in [-0.3, -0.25) is 0 Å². The van der Waals surface area contributed by atoms with Crippen LogP contribution in [0, 0.1) is 0 Å². The molecule has 0 fully saturated rings. The van der Waals surface area contributed by atoms with Crippen molar-refractivity contribution in [2.75, 3.05) is 0 Å². The third-order valence-electron chi connectivity index (χ3n) is 2.51. The van der Waals surface area contributed by atoms with Crippen LogP contribution in [0.4, 0.5) is 0 Å². The highest BCUT2D eigenvalue weighted by atomic mass is 32.2. The Morgan fingerprint density at radius 3 is 2.58 bits per heavy atom. The first-order valence-electron chi connectivity index (χ1n) is 5.73. The first kappa shape index (κ1) is 14.0. The molecule has 0 spiro atoms. The van der Waals surface area contributed by atoms with Crippen molar-refractivity contribution < 1.29 is 13.5 Å². The van der Waals surface area contributed by atoms with Crippen molar-refractivity contribution in [1.29, 1.82) is 0 Å². The summed E-state index contributed by atoms with van der Waals surface area (Å²) in [7, 11) is -3.57. The van der Waals surface area contributed by atoms with Gasteiger partial charge in [0.2, 0.25) is 10.0 Å². The molecule has 0 saturated carbocycles. The number of phenols is 1. The van der Waals surface area contributed by atoms with Gasteiger partial charge in [-0.15, -0.1) is 11.3 Å². The van der Waals surface area contributed by atoms with Gasteiger partial charge in [-0.05, 0) is 30.7 Å². The summed E-state index contributed by atoms with van der Waals surface area (Å²) in [5.74, 6) is 0.0338. The van der Waals surface area contributed by atoms with Crippen molar-refractivity contribution in [3.05, 3.63) is 40.3 Å². The lowest BCUT2D eigenvalue weighted by atomic mass is 10.3.